The summed E-state index contributed by atoms with van der Waals surface area (Å²) in [7, 11) is 0. The molecule has 0 atom stereocenters. The molecule has 5 fully saturated rings. The van der Waals surface area contributed by atoms with Gasteiger partial charge in [-0.2, -0.15) is 0 Å². The number of ether oxygens (including phenoxy) is 1. The Hall–Kier alpha value is -2.38. The van der Waals surface area contributed by atoms with Crippen LogP contribution >= 0.6 is 0 Å². The number of nitrogens with one attached hydrogen (secondary N) is 1. The van der Waals surface area contributed by atoms with Gasteiger partial charge in [0, 0.05) is 32.7 Å². The molecule has 4 bridgehead atoms. The highest BCUT2D eigenvalue weighted by molar-refractivity contribution is 5.92. The first-order chi connectivity index (χ1) is 15.7. The molecule has 1 saturated heterocycles. The first-order valence-electron chi connectivity index (χ1n) is 12.5. The smallest absolute Gasteiger partial charge is 0.410 e. The average Bonchev–Trinajstić information content (AvgIpc) is 2.76. The van der Waals surface area contributed by atoms with Crippen molar-refractivity contribution in [3.8, 4) is 0 Å². The molecule has 2 heterocycles. The summed E-state index contributed by atoms with van der Waals surface area (Å²) in [6.45, 7) is 8.85. The van der Waals surface area contributed by atoms with Crippen molar-refractivity contribution in [2.24, 2.45) is 23.2 Å². The maximum atomic E-state index is 12.8. The summed E-state index contributed by atoms with van der Waals surface area (Å²) in [5.74, 6) is 3.24. The van der Waals surface area contributed by atoms with Gasteiger partial charge in [0.1, 0.15) is 5.60 Å². The van der Waals surface area contributed by atoms with E-state index in [-0.39, 0.29) is 12.0 Å². The van der Waals surface area contributed by atoms with Crippen molar-refractivity contribution in [1.82, 2.24) is 20.4 Å². The Morgan fingerprint density at radius 3 is 2.12 bits per heavy atom. The Bertz CT molecular complexity index is 851. The van der Waals surface area contributed by atoms with Crippen LogP contribution in [0.25, 0.3) is 0 Å². The van der Waals surface area contributed by atoms with Crippen LogP contribution in [0.1, 0.15) is 69.8 Å². The predicted octanol–water partition coefficient (Wildman–Crippen LogP) is 3.48. The number of hydrogen-bond acceptors (Lipinski definition) is 6. The molecule has 0 spiro atoms. The van der Waals surface area contributed by atoms with E-state index in [1.54, 1.807) is 11.0 Å². The largest absolute Gasteiger partial charge is 0.444 e. The number of hydrogen-bond donors (Lipinski definition) is 1. The normalized spacial score (nSPS) is 30.9. The standard InChI is InChI=1S/C25H37N5O3/c1-24(2,3)33-23(32)30-8-6-29(7-9-30)21-5-4-20(27-28-21)22(31)26-16-25-13-17-10-18(14-25)12-19(11-17)15-25/h4-5,17-19H,6-16H2,1-3H3,(H,26,31). The number of carbonyl (C=O) groups excluding carboxylic acids is 2. The quantitative estimate of drug-likeness (QED) is 0.748. The van der Waals surface area contributed by atoms with Crippen LogP contribution in [-0.2, 0) is 4.74 Å². The van der Waals surface area contributed by atoms with Gasteiger partial charge in [-0.05, 0) is 94.6 Å². The highest BCUT2D eigenvalue weighted by atomic mass is 16.6. The highest BCUT2D eigenvalue weighted by Crippen LogP contribution is 2.59. The van der Waals surface area contributed by atoms with E-state index in [0.29, 0.717) is 37.3 Å². The molecule has 180 valence electrons. The molecular formula is C25H37N5O3. The monoisotopic (exact) mass is 455 g/mol. The van der Waals surface area contributed by atoms with E-state index in [2.05, 4.69) is 20.4 Å². The number of piperazine rings is 1. The zero-order valence-corrected chi connectivity index (χ0v) is 20.2. The second-order valence-corrected chi connectivity index (χ2v) is 11.8. The summed E-state index contributed by atoms with van der Waals surface area (Å²) < 4.78 is 5.46. The lowest BCUT2D eigenvalue weighted by Gasteiger charge is -2.56. The second kappa shape index (κ2) is 8.44. The van der Waals surface area contributed by atoms with E-state index in [0.717, 1.165) is 30.1 Å². The fourth-order valence-electron chi connectivity index (χ4n) is 6.92. The molecule has 8 heteroatoms. The van der Waals surface area contributed by atoms with Crippen LogP contribution in [0.5, 0.6) is 0 Å². The minimum atomic E-state index is -0.494. The van der Waals surface area contributed by atoms with E-state index in [1.807, 2.05) is 26.8 Å². The summed E-state index contributed by atoms with van der Waals surface area (Å²) >= 11 is 0. The van der Waals surface area contributed by atoms with Crippen LogP contribution in [0.2, 0.25) is 0 Å². The van der Waals surface area contributed by atoms with E-state index in [1.165, 1.54) is 38.5 Å². The van der Waals surface area contributed by atoms with Crippen LogP contribution in [-0.4, -0.2) is 65.4 Å². The van der Waals surface area contributed by atoms with Gasteiger partial charge in [-0.25, -0.2) is 4.79 Å². The lowest BCUT2D eigenvalue weighted by atomic mass is 9.49. The Morgan fingerprint density at radius 2 is 1.61 bits per heavy atom. The van der Waals surface area contributed by atoms with Crippen molar-refractivity contribution < 1.29 is 14.3 Å². The Labute approximate surface area is 196 Å². The molecule has 1 aromatic heterocycles. The number of amides is 2. The van der Waals surface area contributed by atoms with Crippen LogP contribution in [0.3, 0.4) is 0 Å². The fourth-order valence-corrected chi connectivity index (χ4v) is 6.92. The molecule has 0 aromatic carbocycles. The maximum Gasteiger partial charge on any atom is 0.410 e. The van der Waals surface area contributed by atoms with Crippen molar-refractivity contribution in [3.05, 3.63) is 17.8 Å². The molecule has 1 aromatic rings. The molecule has 0 unspecified atom stereocenters. The minimum Gasteiger partial charge on any atom is -0.444 e. The third kappa shape index (κ3) is 4.94. The molecule has 8 nitrogen and oxygen atoms in total. The van der Waals surface area contributed by atoms with Gasteiger partial charge in [0.05, 0.1) is 0 Å². The van der Waals surface area contributed by atoms with Crippen molar-refractivity contribution in [3.63, 3.8) is 0 Å². The first-order valence-corrected chi connectivity index (χ1v) is 12.5. The first kappa shape index (κ1) is 22.4. The summed E-state index contributed by atoms with van der Waals surface area (Å²) in [6.07, 6.45) is 7.78. The van der Waals surface area contributed by atoms with Gasteiger partial charge in [-0.15, -0.1) is 10.2 Å². The van der Waals surface area contributed by atoms with Crippen molar-refractivity contribution in [1.29, 1.82) is 0 Å². The zero-order chi connectivity index (χ0) is 23.2. The molecule has 4 aliphatic carbocycles. The number of rotatable bonds is 4. The Morgan fingerprint density at radius 1 is 1.00 bits per heavy atom. The molecule has 2 amide bonds. The fraction of sp³-hybridized carbons (Fsp3) is 0.760. The third-order valence-corrected chi connectivity index (χ3v) is 7.93. The number of aromatic nitrogens is 2. The number of anilines is 1. The van der Waals surface area contributed by atoms with Crippen LogP contribution in [0, 0.1) is 23.2 Å². The molecule has 4 saturated carbocycles. The van der Waals surface area contributed by atoms with Gasteiger partial charge >= 0.3 is 6.09 Å². The summed E-state index contributed by atoms with van der Waals surface area (Å²) in [5, 5.41) is 11.7. The Kier molecular flexibility index (Phi) is 5.73. The van der Waals surface area contributed by atoms with Gasteiger partial charge < -0.3 is 19.9 Å². The molecule has 33 heavy (non-hydrogen) atoms. The van der Waals surface area contributed by atoms with E-state index in [9.17, 15) is 9.59 Å². The third-order valence-electron chi connectivity index (χ3n) is 7.93. The maximum absolute atomic E-state index is 12.8. The topological polar surface area (TPSA) is 87.7 Å². The molecule has 5 aliphatic rings. The van der Waals surface area contributed by atoms with Crippen LogP contribution in [0.4, 0.5) is 10.6 Å². The molecule has 0 radical (unpaired) electrons. The van der Waals surface area contributed by atoms with E-state index < -0.39 is 5.60 Å². The Balaban J connectivity index is 1.12. The zero-order valence-electron chi connectivity index (χ0n) is 20.2. The summed E-state index contributed by atoms with van der Waals surface area (Å²) in [4.78, 5) is 28.8. The van der Waals surface area contributed by atoms with Gasteiger partial charge in [0.15, 0.2) is 11.5 Å². The molecule has 1 N–H and O–H groups in total. The molecule has 6 rings (SSSR count). The highest BCUT2D eigenvalue weighted by Gasteiger charge is 2.50. The predicted molar refractivity (Wildman–Crippen MR) is 125 cm³/mol. The number of nitrogens with zero attached hydrogens (tertiary/aromatic N) is 4. The van der Waals surface area contributed by atoms with Crippen molar-refractivity contribution in [2.45, 2.75) is 64.9 Å². The molecular weight excluding hydrogens is 418 g/mol. The lowest BCUT2D eigenvalue weighted by molar-refractivity contribution is -0.0503. The summed E-state index contributed by atoms with van der Waals surface area (Å²) in [5.41, 5.74) is 0.188. The summed E-state index contributed by atoms with van der Waals surface area (Å²) in [6, 6.07) is 3.62. The van der Waals surface area contributed by atoms with E-state index >= 15 is 0 Å². The van der Waals surface area contributed by atoms with Gasteiger partial charge in [-0.1, -0.05) is 0 Å². The van der Waals surface area contributed by atoms with Crippen LogP contribution < -0.4 is 10.2 Å². The second-order valence-electron chi connectivity index (χ2n) is 11.8. The van der Waals surface area contributed by atoms with E-state index in [4.69, 9.17) is 4.74 Å². The van der Waals surface area contributed by atoms with Crippen LogP contribution in [0.15, 0.2) is 12.1 Å². The van der Waals surface area contributed by atoms with Gasteiger partial charge in [0.25, 0.3) is 5.91 Å². The number of carbonyl (C=O) groups is 2. The molecule has 1 aliphatic heterocycles. The van der Waals surface area contributed by atoms with Crippen molar-refractivity contribution >= 4 is 17.8 Å². The van der Waals surface area contributed by atoms with Crippen molar-refractivity contribution in [2.75, 3.05) is 37.6 Å². The SMILES string of the molecule is CC(C)(C)OC(=O)N1CCN(c2ccc(C(=O)NCC34CC5CC(CC(C5)C3)C4)nn2)CC1. The van der Waals surface area contributed by atoms with Gasteiger partial charge in [0.2, 0.25) is 0 Å². The lowest BCUT2D eigenvalue weighted by Crippen LogP contribution is -2.51. The average molecular weight is 456 g/mol. The minimum absolute atomic E-state index is 0.125. The van der Waals surface area contributed by atoms with Gasteiger partial charge in [-0.3, -0.25) is 4.79 Å².